The summed E-state index contributed by atoms with van der Waals surface area (Å²) in [5.41, 5.74) is -6.31. The second kappa shape index (κ2) is 9.24. The Labute approximate surface area is 192 Å². The van der Waals surface area contributed by atoms with Gasteiger partial charge < -0.3 is 15.5 Å². The van der Waals surface area contributed by atoms with E-state index in [1.807, 2.05) is 20.8 Å². The standard InChI is InChI=1S/C23H27F6N3O2/c1-21(2,3)16(12-32-7-5-4-6-8-32)31-18-17(19(33)20(18)34)30-15-10-13(22(24,25)26)9-14(11-15)23(27,28)29/h9-11,16,30-31H,4-8,12H2,1-3H3/t16-/m1/s1. The lowest BCUT2D eigenvalue weighted by atomic mass is 9.85. The monoisotopic (exact) mass is 491 g/mol. The summed E-state index contributed by atoms with van der Waals surface area (Å²) in [5.74, 6) is 0. The Bertz CT molecular complexity index is 1060. The topological polar surface area (TPSA) is 61.4 Å². The number of hydrogen-bond donors (Lipinski definition) is 2. The Kier molecular flexibility index (Phi) is 7.08. The molecule has 1 saturated heterocycles. The number of benzene rings is 1. The predicted octanol–water partition coefficient (Wildman–Crippen LogP) is 5.38. The molecule has 0 amide bonds. The van der Waals surface area contributed by atoms with Gasteiger partial charge >= 0.3 is 12.4 Å². The highest BCUT2D eigenvalue weighted by molar-refractivity contribution is 5.79. The van der Waals surface area contributed by atoms with Crippen LogP contribution in [0.5, 0.6) is 0 Å². The fraction of sp³-hybridized carbons (Fsp3) is 0.565. The van der Waals surface area contributed by atoms with Crippen molar-refractivity contribution in [3.05, 3.63) is 49.8 Å². The van der Waals surface area contributed by atoms with E-state index >= 15 is 0 Å². The maximum absolute atomic E-state index is 13.2. The minimum Gasteiger partial charge on any atom is -0.375 e. The summed E-state index contributed by atoms with van der Waals surface area (Å²) in [5, 5.41) is 5.37. The van der Waals surface area contributed by atoms with Gasteiger partial charge in [0.15, 0.2) is 0 Å². The first-order chi connectivity index (χ1) is 15.6. The average molecular weight is 491 g/mol. The van der Waals surface area contributed by atoms with Gasteiger partial charge in [-0.2, -0.15) is 26.3 Å². The second-order valence-corrected chi connectivity index (χ2v) is 9.75. The van der Waals surface area contributed by atoms with Crippen molar-refractivity contribution in [1.29, 1.82) is 0 Å². The van der Waals surface area contributed by atoms with Crippen LogP contribution in [0.1, 0.15) is 51.2 Å². The molecule has 3 rings (SSSR count). The molecule has 2 N–H and O–H groups in total. The van der Waals surface area contributed by atoms with Crippen LogP contribution in [0.4, 0.5) is 43.4 Å². The molecule has 1 heterocycles. The van der Waals surface area contributed by atoms with E-state index in [2.05, 4.69) is 15.5 Å². The molecule has 0 unspecified atom stereocenters. The van der Waals surface area contributed by atoms with Crippen LogP contribution in [0.3, 0.4) is 0 Å². The highest BCUT2D eigenvalue weighted by atomic mass is 19.4. The number of nitrogens with zero attached hydrogens (tertiary/aromatic N) is 1. The summed E-state index contributed by atoms with van der Waals surface area (Å²) in [6, 6.07) is 0.665. The van der Waals surface area contributed by atoms with Crippen molar-refractivity contribution >= 4 is 17.1 Å². The van der Waals surface area contributed by atoms with E-state index in [1.54, 1.807) is 0 Å². The average Bonchev–Trinajstić information content (AvgIpc) is 2.73. The Balaban J connectivity index is 1.91. The van der Waals surface area contributed by atoms with E-state index in [0.29, 0.717) is 18.7 Å². The molecule has 2 aromatic carbocycles. The van der Waals surface area contributed by atoms with Crippen LogP contribution in [0.15, 0.2) is 27.8 Å². The zero-order valence-electron chi connectivity index (χ0n) is 19.1. The molecule has 0 aromatic heterocycles. The molecule has 0 spiro atoms. The van der Waals surface area contributed by atoms with Crippen LogP contribution in [0.2, 0.25) is 0 Å². The predicted molar refractivity (Wildman–Crippen MR) is 118 cm³/mol. The van der Waals surface area contributed by atoms with Gasteiger partial charge in [-0.15, -0.1) is 0 Å². The summed E-state index contributed by atoms with van der Waals surface area (Å²) in [4.78, 5) is 26.7. The summed E-state index contributed by atoms with van der Waals surface area (Å²) >= 11 is 0. The van der Waals surface area contributed by atoms with E-state index in [0.717, 1.165) is 32.4 Å². The lowest BCUT2D eigenvalue weighted by Gasteiger charge is -2.38. The molecule has 1 atom stereocenters. The molecule has 5 nitrogen and oxygen atoms in total. The van der Waals surface area contributed by atoms with E-state index in [1.165, 1.54) is 0 Å². The van der Waals surface area contributed by atoms with Gasteiger partial charge in [-0.05, 0) is 49.5 Å². The molecule has 1 aliphatic heterocycles. The fourth-order valence-corrected chi connectivity index (χ4v) is 3.93. The number of nitrogens with one attached hydrogen (secondary N) is 2. The van der Waals surface area contributed by atoms with Gasteiger partial charge in [0.1, 0.15) is 11.4 Å². The van der Waals surface area contributed by atoms with Gasteiger partial charge in [-0.25, -0.2) is 0 Å². The van der Waals surface area contributed by atoms with Crippen LogP contribution in [0, 0.1) is 5.41 Å². The van der Waals surface area contributed by atoms with Gasteiger partial charge in [0.25, 0.3) is 10.9 Å². The minimum atomic E-state index is -5.03. The minimum absolute atomic E-state index is 0.000717. The molecule has 0 aliphatic carbocycles. The fourth-order valence-electron chi connectivity index (χ4n) is 3.93. The molecule has 34 heavy (non-hydrogen) atoms. The van der Waals surface area contributed by atoms with E-state index in [4.69, 9.17) is 0 Å². The second-order valence-electron chi connectivity index (χ2n) is 9.75. The van der Waals surface area contributed by atoms with Gasteiger partial charge in [-0.3, -0.25) is 9.59 Å². The number of alkyl halides is 6. The number of halogens is 6. The molecular formula is C23H27F6N3O2. The highest BCUT2D eigenvalue weighted by Crippen LogP contribution is 2.38. The van der Waals surface area contributed by atoms with Crippen molar-refractivity contribution in [1.82, 2.24) is 4.90 Å². The Hall–Kier alpha value is -2.56. The largest absolute Gasteiger partial charge is 0.416 e. The number of rotatable bonds is 6. The van der Waals surface area contributed by atoms with Crippen LogP contribution in [-0.2, 0) is 12.4 Å². The zero-order valence-corrected chi connectivity index (χ0v) is 19.1. The molecule has 2 aromatic rings. The van der Waals surface area contributed by atoms with Crippen LogP contribution < -0.4 is 21.5 Å². The molecule has 0 bridgehead atoms. The Morgan fingerprint density at radius 3 is 1.79 bits per heavy atom. The molecule has 11 heteroatoms. The normalized spacial score (nSPS) is 17.1. The van der Waals surface area contributed by atoms with Crippen molar-refractivity contribution in [3.8, 4) is 0 Å². The number of hydrogen-bond acceptors (Lipinski definition) is 5. The molecule has 1 aliphatic rings. The van der Waals surface area contributed by atoms with Gasteiger partial charge in [-0.1, -0.05) is 27.2 Å². The van der Waals surface area contributed by atoms with Gasteiger partial charge in [0.2, 0.25) is 0 Å². The molecule has 188 valence electrons. The third-order valence-electron chi connectivity index (χ3n) is 6.02. The first-order valence-corrected chi connectivity index (χ1v) is 11.0. The number of piperidine rings is 1. The quantitative estimate of drug-likeness (QED) is 0.420. The van der Waals surface area contributed by atoms with Crippen molar-refractivity contribution < 1.29 is 26.3 Å². The SMILES string of the molecule is CC(C)(C)[C@@H](CN1CCCCC1)Nc1c(Nc2cc(C(F)(F)F)cc(C(F)(F)F)c2)c(=O)c1=O. The van der Waals surface area contributed by atoms with Crippen molar-refractivity contribution in [2.75, 3.05) is 30.3 Å². The smallest absolute Gasteiger partial charge is 0.375 e. The van der Waals surface area contributed by atoms with Crippen LogP contribution >= 0.6 is 0 Å². The van der Waals surface area contributed by atoms with Crippen molar-refractivity contribution in [2.24, 2.45) is 5.41 Å². The van der Waals surface area contributed by atoms with Gasteiger partial charge in [0, 0.05) is 18.3 Å². The molecule has 0 saturated carbocycles. The number of anilines is 3. The van der Waals surface area contributed by atoms with Crippen LogP contribution in [-0.4, -0.2) is 30.6 Å². The maximum atomic E-state index is 13.2. The molecular weight excluding hydrogens is 464 g/mol. The third kappa shape index (κ3) is 5.92. The van der Waals surface area contributed by atoms with E-state index in [9.17, 15) is 35.9 Å². The highest BCUT2D eigenvalue weighted by Gasteiger charge is 2.37. The van der Waals surface area contributed by atoms with E-state index in [-0.39, 0.29) is 28.9 Å². The summed E-state index contributed by atoms with van der Waals surface area (Å²) < 4.78 is 79.0. The molecule has 1 fully saturated rings. The lowest BCUT2D eigenvalue weighted by Crippen LogP contribution is -2.49. The maximum Gasteiger partial charge on any atom is 0.416 e. The Morgan fingerprint density at radius 2 is 1.32 bits per heavy atom. The van der Waals surface area contributed by atoms with Crippen LogP contribution in [0.25, 0.3) is 0 Å². The lowest BCUT2D eigenvalue weighted by molar-refractivity contribution is -0.143. The molecule has 0 radical (unpaired) electrons. The van der Waals surface area contributed by atoms with Crippen molar-refractivity contribution in [3.63, 3.8) is 0 Å². The summed E-state index contributed by atoms with van der Waals surface area (Å²) in [7, 11) is 0. The number of likely N-dealkylation sites (tertiary alicyclic amines) is 1. The Morgan fingerprint density at radius 1 is 0.824 bits per heavy atom. The third-order valence-corrected chi connectivity index (χ3v) is 6.02. The van der Waals surface area contributed by atoms with E-state index < -0.39 is 40.0 Å². The van der Waals surface area contributed by atoms with Crippen molar-refractivity contribution in [2.45, 2.75) is 58.4 Å². The van der Waals surface area contributed by atoms with Gasteiger partial charge in [0.05, 0.1) is 11.1 Å². The summed E-state index contributed by atoms with van der Waals surface area (Å²) in [6.45, 7) is 8.16. The zero-order chi connectivity index (χ0) is 25.5. The summed E-state index contributed by atoms with van der Waals surface area (Å²) in [6.07, 6.45) is -6.84. The first-order valence-electron chi connectivity index (χ1n) is 11.0. The first kappa shape index (κ1) is 26.1.